The number of hydrogen-bond donors (Lipinski definition) is 2. The van der Waals surface area contributed by atoms with Crippen molar-refractivity contribution in [3.63, 3.8) is 0 Å². The molecule has 194 valence electrons. The maximum atomic E-state index is 13.0. The highest BCUT2D eigenvalue weighted by molar-refractivity contribution is 6.04. The number of amides is 2. The van der Waals surface area contributed by atoms with E-state index in [0.29, 0.717) is 16.8 Å². The van der Waals surface area contributed by atoms with Crippen LogP contribution in [0, 0.1) is 6.92 Å². The number of carbonyl (C=O) groups excluding carboxylic acids is 2. The molecule has 5 rings (SSSR count). The molecule has 4 aromatic rings. The zero-order valence-electron chi connectivity index (χ0n) is 21.6. The standard InChI is InChI=1S/C31H31N3O4/c1-21-6-11-27(33-31(36)26-12-15-38-20-26)19-29(21)23-7-9-24(10-8-23)30(35)32-22(2)25-4-3-5-28(18-25)34-13-16-37-17-14-34/h3-12,15,18-20,22H,13-14,16-17H2,1-2H3,(H,32,35)(H,33,36). The van der Waals surface area contributed by atoms with Crippen LogP contribution in [0.15, 0.2) is 89.7 Å². The summed E-state index contributed by atoms with van der Waals surface area (Å²) in [6, 6.07) is 23.1. The van der Waals surface area contributed by atoms with Crippen molar-refractivity contribution in [2.75, 3.05) is 36.5 Å². The molecule has 2 amide bonds. The topological polar surface area (TPSA) is 83.8 Å². The molecule has 2 N–H and O–H groups in total. The van der Waals surface area contributed by atoms with Crippen molar-refractivity contribution in [2.45, 2.75) is 19.9 Å². The van der Waals surface area contributed by atoms with Crippen molar-refractivity contribution < 1.29 is 18.7 Å². The van der Waals surface area contributed by atoms with E-state index >= 15 is 0 Å². The molecule has 0 aliphatic carbocycles. The SMILES string of the molecule is Cc1ccc(NC(=O)c2ccoc2)cc1-c1ccc(C(=O)NC(C)c2cccc(N3CCOCC3)c2)cc1. The maximum absolute atomic E-state index is 13.0. The number of ether oxygens (including phenoxy) is 1. The van der Waals surface area contributed by atoms with Crippen LogP contribution in [-0.4, -0.2) is 38.1 Å². The Bertz CT molecular complexity index is 1410. The van der Waals surface area contributed by atoms with Gasteiger partial charge in [0.1, 0.15) is 6.26 Å². The predicted molar refractivity (Wildman–Crippen MR) is 149 cm³/mol. The highest BCUT2D eigenvalue weighted by Crippen LogP contribution is 2.28. The van der Waals surface area contributed by atoms with Gasteiger partial charge in [-0.15, -0.1) is 0 Å². The predicted octanol–water partition coefficient (Wildman–Crippen LogP) is 5.83. The molecule has 0 saturated carbocycles. The Kier molecular flexibility index (Phi) is 7.56. The number of furan rings is 1. The van der Waals surface area contributed by atoms with Crippen molar-refractivity contribution in [1.29, 1.82) is 0 Å². The van der Waals surface area contributed by atoms with Crippen LogP contribution < -0.4 is 15.5 Å². The number of anilines is 2. The molecule has 1 atom stereocenters. The summed E-state index contributed by atoms with van der Waals surface area (Å²) < 4.78 is 10.5. The summed E-state index contributed by atoms with van der Waals surface area (Å²) in [5.41, 5.74) is 6.96. The minimum Gasteiger partial charge on any atom is -0.472 e. The Morgan fingerprint density at radius 1 is 0.895 bits per heavy atom. The van der Waals surface area contributed by atoms with Gasteiger partial charge in [0, 0.05) is 30.0 Å². The van der Waals surface area contributed by atoms with E-state index in [1.165, 1.54) is 12.5 Å². The van der Waals surface area contributed by atoms with E-state index in [4.69, 9.17) is 9.15 Å². The zero-order valence-corrected chi connectivity index (χ0v) is 21.6. The Balaban J connectivity index is 1.26. The second kappa shape index (κ2) is 11.4. The lowest BCUT2D eigenvalue weighted by atomic mass is 9.98. The molecule has 3 aromatic carbocycles. The number of carbonyl (C=O) groups is 2. The molecule has 1 fully saturated rings. The van der Waals surface area contributed by atoms with Crippen molar-refractivity contribution in [1.82, 2.24) is 5.32 Å². The summed E-state index contributed by atoms with van der Waals surface area (Å²) in [4.78, 5) is 27.7. The first-order chi connectivity index (χ1) is 18.5. The van der Waals surface area contributed by atoms with Gasteiger partial charge in [0.05, 0.1) is 31.1 Å². The number of nitrogens with one attached hydrogen (secondary N) is 2. The number of morpholine rings is 1. The quantitative estimate of drug-likeness (QED) is 0.327. The van der Waals surface area contributed by atoms with Crippen LogP contribution in [0.5, 0.6) is 0 Å². The number of benzene rings is 3. The lowest BCUT2D eigenvalue weighted by molar-refractivity contribution is 0.0939. The average molecular weight is 510 g/mol. The number of nitrogens with zero attached hydrogens (tertiary/aromatic N) is 1. The van der Waals surface area contributed by atoms with Gasteiger partial charge < -0.3 is 24.7 Å². The van der Waals surface area contributed by atoms with E-state index in [1.54, 1.807) is 6.07 Å². The lowest BCUT2D eigenvalue weighted by Gasteiger charge is -2.29. The van der Waals surface area contributed by atoms with Gasteiger partial charge in [0.15, 0.2) is 0 Å². The second-order valence-corrected chi connectivity index (χ2v) is 9.46. The summed E-state index contributed by atoms with van der Waals surface area (Å²) >= 11 is 0. The molecule has 7 nitrogen and oxygen atoms in total. The second-order valence-electron chi connectivity index (χ2n) is 9.46. The normalized spacial score (nSPS) is 14.1. The van der Waals surface area contributed by atoms with Crippen LogP contribution in [-0.2, 0) is 4.74 Å². The minimum atomic E-state index is -0.231. The molecule has 2 heterocycles. The highest BCUT2D eigenvalue weighted by atomic mass is 16.5. The largest absolute Gasteiger partial charge is 0.472 e. The number of aryl methyl sites for hydroxylation is 1. The lowest BCUT2D eigenvalue weighted by Crippen LogP contribution is -2.36. The van der Waals surface area contributed by atoms with Gasteiger partial charge in [-0.3, -0.25) is 9.59 Å². The van der Waals surface area contributed by atoms with Crippen LogP contribution in [0.1, 0.15) is 44.8 Å². The fourth-order valence-corrected chi connectivity index (χ4v) is 4.58. The van der Waals surface area contributed by atoms with Gasteiger partial charge in [-0.1, -0.05) is 30.3 Å². The Morgan fingerprint density at radius 3 is 2.42 bits per heavy atom. The fraction of sp³-hybridized carbons (Fsp3) is 0.226. The van der Waals surface area contributed by atoms with E-state index in [2.05, 4.69) is 27.7 Å². The third kappa shape index (κ3) is 5.79. The van der Waals surface area contributed by atoms with Gasteiger partial charge in [0.2, 0.25) is 0 Å². The van der Waals surface area contributed by atoms with Crippen molar-refractivity contribution in [3.8, 4) is 11.1 Å². The summed E-state index contributed by atoms with van der Waals surface area (Å²) in [6.07, 6.45) is 2.88. The van der Waals surface area contributed by atoms with Crippen LogP contribution in [0.3, 0.4) is 0 Å². The summed E-state index contributed by atoms with van der Waals surface area (Å²) in [7, 11) is 0. The van der Waals surface area contributed by atoms with Gasteiger partial charge in [0.25, 0.3) is 11.8 Å². The minimum absolute atomic E-state index is 0.126. The molecule has 1 aromatic heterocycles. The van der Waals surface area contributed by atoms with Crippen LogP contribution in [0.25, 0.3) is 11.1 Å². The third-order valence-corrected chi connectivity index (χ3v) is 6.83. The first-order valence-corrected chi connectivity index (χ1v) is 12.8. The summed E-state index contributed by atoms with van der Waals surface area (Å²) in [5.74, 6) is -0.358. The molecule has 0 spiro atoms. The molecule has 1 saturated heterocycles. The van der Waals surface area contributed by atoms with Crippen LogP contribution >= 0.6 is 0 Å². The Hall–Kier alpha value is -4.36. The number of rotatable bonds is 7. The van der Waals surface area contributed by atoms with Crippen molar-refractivity contribution in [3.05, 3.63) is 108 Å². The fourth-order valence-electron chi connectivity index (χ4n) is 4.58. The summed E-state index contributed by atoms with van der Waals surface area (Å²) in [6.45, 7) is 7.22. The van der Waals surface area contributed by atoms with Crippen LogP contribution in [0.4, 0.5) is 11.4 Å². The number of hydrogen-bond acceptors (Lipinski definition) is 5. The van der Waals surface area contributed by atoms with E-state index in [0.717, 1.165) is 54.2 Å². The monoisotopic (exact) mass is 509 g/mol. The molecule has 38 heavy (non-hydrogen) atoms. The third-order valence-electron chi connectivity index (χ3n) is 6.83. The molecular formula is C31H31N3O4. The molecule has 1 aliphatic heterocycles. The van der Waals surface area contributed by atoms with E-state index < -0.39 is 0 Å². The van der Waals surface area contributed by atoms with Gasteiger partial charge in [-0.25, -0.2) is 0 Å². The molecule has 0 radical (unpaired) electrons. The van der Waals surface area contributed by atoms with Crippen LogP contribution in [0.2, 0.25) is 0 Å². The van der Waals surface area contributed by atoms with Gasteiger partial charge in [-0.2, -0.15) is 0 Å². The Morgan fingerprint density at radius 2 is 1.68 bits per heavy atom. The summed E-state index contributed by atoms with van der Waals surface area (Å²) in [5, 5.41) is 6.02. The van der Waals surface area contributed by atoms with E-state index in [1.807, 2.05) is 68.4 Å². The van der Waals surface area contributed by atoms with E-state index in [9.17, 15) is 9.59 Å². The first-order valence-electron chi connectivity index (χ1n) is 12.8. The van der Waals surface area contributed by atoms with Crippen molar-refractivity contribution >= 4 is 23.2 Å². The molecule has 1 aliphatic rings. The van der Waals surface area contributed by atoms with E-state index in [-0.39, 0.29) is 17.9 Å². The van der Waals surface area contributed by atoms with Gasteiger partial charge >= 0.3 is 0 Å². The first kappa shape index (κ1) is 25.3. The van der Waals surface area contributed by atoms with Crippen molar-refractivity contribution in [2.24, 2.45) is 0 Å². The van der Waals surface area contributed by atoms with Gasteiger partial charge in [-0.05, 0) is 78.6 Å². The Labute approximate surface area is 222 Å². The average Bonchev–Trinajstić information content (AvgIpc) is 3.50. The highest BCUT2D eigenvalue weighted by Gasteiger charge is 2.16. The maximum Gasteiger partial charge on any atom is 0.258 e. The molecule has 1 unspecified atom stereocenters. The molecule has 0 bridgehead atoms. The molecule has 7 heteroatoms. The molecular weight excluding hydrogens is 478 g/mol. The zero-order chi connectivity index (χ0) is 26.5. The smallest absolute Gasteiger partial charge is 0.258 e.